The Balaban J connectivity index is 1.48. The topological polar surface area (TPSA) is 149 Å². The summed E-state index contributed by atoms with van der Waals surface area (Å²) in [5, 5.41) is 14.3. The Morgan fingerprint density at radius 1 is 0.863 bits per heavy atom. The van der Waals surface area contributed by atoms with E-state index in [2.05, 4.69) is 5.10 Å². The Morgan fingerprint density at radius 3 is 2.10 bits per heavy atom. The smallest absolute Gasteiger partial charge is 0.410 e. The summed E-state index contributed by atoms with van der Waals surface area (Å²) in [6, 6.07) is 29.4. The molecule has 1 amide bonds. The first-order chi connectivity index (χ1) is 24.4. The van der Waals surface area contributed by atoms with Crippen molar-refractivity contribution in [2.75, 3.05) is 6.54 Å². The molecule has 5 rings (SSSR count). The quantitative estimate of drug-likeness (QED) is 0.0508. The molecule has 1 saturated heterocycles. The monoisotopic (exact) mass is 689 g/mol. The van der Waals surface area contributed by atoms with Crippen LogP contribution in [-0.4, -0.2) is 58.0 Å². The van der Waals surface area contributed by atoms with Gasteiger partial charge >= 0.3 is 12.1 Å². The summed E-state index contributed by atoms with van der Waals surface area (Å²) < 4.78 is 12.0. The number of nitrogens with two attached hydrogens (primary N) is 1. The summed E-state index contributed by atoms with van der Waals surface area (Å²) in [5.41, 5.74) is -0.00921. The molecule has 3 N–H and O–H groups in total. The van der Waals surface area contributed by atoms with E-state index in [4.69, 9.17) is 15.3 Å². The average molecular weight is 690 g/mol. The standard InChI is InChI=1S/C41H43N3O7/c1-40(2,3)41(38(47)48,37(46)31-19-17-29(18-20-31)26-43-42)51-35-23-22-33(25-32(35)21-16-28-11-6-4-7-12-28)36(45)34-15-10-24-44(34)39(49)50-27-30-13-8-5-9-14-30/h4-9,11-14,17-20,22-23,25-26,34H,10,15-16,21,24,27,42H2,1-3H3,(H,47,48)/t34-,41+/m0/s1. The second-order valence-electron chi connectivity index (χ2n) is 13.6. The van der Waals surface area contributed by atoms with Crippen LogP contribution in [0.2, 0.25) is 0 Å². The summed E-state index contributed by atoms with van der Waals surface area (Å²) in [7, 11) is 0. The van der Waals surface area contributed by atoms with Crippen molar-refractivity contribution < 1.29 is 33.8 Å². The van der Waals surface area contributed by atoms with Crippen LogP contribution in [0.4, 0.5) is 4.79 Å². The van der Waals surface area contributed by atoms with Crippen molar-refractivity contribution in [3.8, 4) is 5.75 Å². The van der Waals surface area contributed by atoms with E-state index in [9.17, 15) is 24.3 Å². The van der Waals surface area contributed by atoms with Crippen LogP contribution in [0.1, 0.15) is 76.6 Å². The molecule has 0 radical (unpaired) electrons. The van der Waals surface area contributed by atoms with Crippen molar-refractivity contribution in [2.45, 2.75) is 64.7 Å². The number of ether oxygens (including phenoxy) is 2. The molecule has 2 atom stereocenters. The lowest BCUT2D eigenvalue weighted by molar-refractivity contribution is -0.159. The molecule has 1 aliphatic rings. The molecular formula is C41H43N3O7. The highest BCUT2D eigenvalue weighted by atomic mass is 16.6. The van der Waals surface area contributed by atoms with Gasteiger partial charge in [-0.15, -0.1) is 0 Å². The Hall–Kier alpha value is -5.77. The van der Waals surface area contributed by atoms with Gasteiger partial charge in [0.25, 0.3) is 5.60 Å². The lowest BCUT2D eigenvalue weighted by Gasteiger charge is -2.40. The van der Waals surface area contributed by atoms with E-state index in [1.54, 1.807) is 51.1 Å². The number of hydrazone groups is 1. The second-order valence-corrected chi connectivity index (χ2v) is 13.6. The number of carboxylic acid groups (broad SMARTS) is 1. The number of amides is 1. The van der Waals surface area contributed by atoms with Crippen LogP contribution in [-0.2, 0) is 29.0 Å². The van der Waals surface area contributed by atoms with Crippen molar-refractivity contribution in [2.24, 2.45) is 16.4 Å². The average Bonchev–Trinajstić information content (AvgIpc) is 3.63. The number of aliphatic carboxylic acids is 1. The molecule has 0 bridgehead atoms. The van der Waals surface area contributed by atoms with Crippen molar-refractivity contribution in [1.29, 1.82) is 0 Å². The normalized spacial score (nSPS) is 15.7. The number of hydrogen-bond acceptors (Lipinski definition) is 8. The zero-order chi connectivity index (χ0) is 36.6. The van der Waals surface area contributed by atoms with Gasteiger partial charge in [-0.3, -0.25) is 14.5 Å². The molecule has 264 valence electrons. The number of Topliss-reactive ketones (excluding diaryl/α,β-unsaturated/α-hetero) is 2. The third-order valence-corrected chi connectivity index (χ3v) is 9.20. The summed E-state index contributed by atoms with van der Waals surface area (Å²) in [4.78, 5) is 56.1. The number of nitrogens with zero attached hydrogens (tertiary/aromatic N) is 2. The summed E-state index contributed by atoms with van der Waals surface area (Å²) in [5.74, 6) is 3.00. The van der Waals surface area contributed by atoms with Crippen molar-refractivity contribution in [3.05, 3.63) is 137 Å². The Bertz CT molecular complexity index is 1890. The van der Waals surface area contributed by atoms with Crippen LogP contribution >= 0.6 is 0 Å². The van der Waals surface area contributed by atoms with Gasteiger partial charge in [-0.25, -0.2) is 9.59 Å². The van der Waals surface area contributed by atoms with E-state index >= 15 is 0 Å². The minimum atomic E-state index is -2.34. The summed E-state index contributed by atoms with van der Waals surface area (Å²) in [6.45, 7) is 5.41. The highest BCUT2D eigenvalue weighted by Crippen LogP contribution is 2.40. The van der Waals surface area contributed by atoms with E-state index in [0.717, 1.165) is 11.1 Å². The maximum atomic E-state index is 14.2. The van der Waals surface area contributed by atoms with Crippen LogP contribution in [0.15, 0.2) is 108 Å². The lowest BCUT2D eigenvalue weighted by Crippen LogP contribution is -2.60. The number of aryl methyl sites for hydroxylation is 2. The van der Waals surface area contributed by atoms with Gasteiger partial charge in [0, 0.05) is 23.1 Å². The number of rotatable bonds is 13. The maximum absolute atomic E-state index is 14.2. The van der Waals surface area contributed by atoms with Crippen LogP contribution in [0.3, 0.4) is 0 Å². The van der Waals surface area contributed by atoms with E-state index in [1.807, 2.05) is 60.7 Å². The number of likely N-dealkylation sites (tertiary alicyclic amines) is 1. The van der Waals surface area contributed by atoms with Crippen molar-refractivity contribution >= 4 is 29.8 Å². The van der Waals surface area contributed by atoms with Crippen LogP contribution < -0.4 is 10.6 Å². The van der Waals surface area contributed by atoms with Crippen molar-refractivity contribution in [1.82, 2.24) is 4.90 Å². The molecule has 10 nitrogen and oxygen atoms in total. The fraction of sp³-hybridized carbons (Fsp3) is 0.293. The third-order valence-electron chi connectivity index (χ3n) is 9.20. The van der Waals surface area contributed by atoms with Gasteiger partial charge in [0.05, 0.1) is 12.3 Å². The molecule has 10 heteroatoms. The summed E-state index contributed by atoms with van der Waals surface area (Å²) >= 11 is 0. The molecule has 4 aromatic rings. The van der Waals surface area contributed by atoms with Gasteiger partial charge < -0.3 is 20.4 Å². The van der Waals surface area contributed by atoms with Crippen LogP contribution in [0.25, 0.3) is 0 Å². The predicted molar refractivity (Wildman–Crippen MR) is 194 cm³/mol. The maximum Gasteiger partial charge on any atom is 0.410 e. The van der Waals surface area contributed by atoms with E-state index in [-0.39, 0.29) is 23.7 Å². The number of benzene rings is 4. The Kier molecular flexibility index (Phi) is 11.3. The predicted octanol–water partition coefficient (Wildman–Crippen LogP) is 6.88. The molecule has 0 aliphatic carbocycles. The van der Waals surface area contributed by atoms with Gasteiger partial charge in [-0.2, -0.15) is 5.10 Å². The van der Waals surface area contributed by atoms with Gasteiger partial charge in [-0.05, 0) is 66.1 Å². The third kappa shape index (κ3) is 8.17. The highest BCUT2D eigenvalue weighted by Gasteiger charge is 2.58. The largest absolute Gasteiger partial charge is 0.478 e. The number of ketones is 2. The minimum Gasteiger partial charge on any atom is -0.478 e. The molecule has 1 aliphatic heterocycles. The van der Waals surface area contributed by atoms with Crippen LogP contribution in [0, 0.1) is 5.41 Å². The van der Waals surface area contributed by atoms with Gasteiger partial charge in [0.1, 0.15) is 12.4 Å². The van der Waals surface area contributed by atoms with Crippen LogP contribution in [0.5, 0.6) is 5.75 Å². The van der Waals surface area contributed by atoms with E-state index in [1.165, 1.54) is 23.2 Å². The number of carbonyl (C=O) groups is 4. The van der Waals surface area contributed by atoms with Crippen molar-refractivity contribution in [3.63, 3.8) is 0 Å². The molecular weight excluding hydrogens is 646 g/mol. The second kappa shape index (κ2) is 15.8. The molecule has 0 unspecified atom stereocenters. The summed E-state index contributed by atoms with van der Waals surface area (Å²) in [6.07, 6.45) is 2.93. The first-order valence-corrected chi connectivity index (χ1v) is 16.9. The molecule has 1 heterocycles. The SMILES string of the molecule is CC(C)(C)[C@](Oc1ccc(C(=O)[C@@H]2CCCN2C(=O)OCc2ccccc2)cc1CCc1ccccc1)(C(=O)O)C(=O)c1ccc(C=NN)cc1. The zero-order valence-corrected chi connectivity index (χ0v) is 29.1. The first-order valence-electron chi connectivity index (χ1n) is 16.9. The number of carboxylic acids is 1. The zero-order valence-electron chi connectivity index (χ0n) is 29.1. The molecule has 0 aromatic heterocycles. The fourth-order valence-corrected chi connectivity index (χ4v) is 6.38. The Labute approximate surface area is 297 Å². The highest BCUT2D eigenvalue weighted by molar-refractivity contribution is 6.16. The first kappa shape index (κ1) is 36.5. The molecule has 4 aromatic carbocycles. The fourth-order valence-electron chi connectivity index (χ4n) is 6.38. The van der Waals surface area contributed by atoms with Gasteiger partial charge in [0.15, 0.2) is 5.78 Å². The number of carbonyl (C=O) groups excluding carboxylic acids is 3. The minimum absolute atomic E-state index is 0.0939. The number of hydrogen-bond donors (Lipinski definition) is 2. The van der Waals surface area contributed by atoms with Gasteiger partial charge in [-0.1, -0.05) is 106 Å². The van der Waals surface area contributed by atoms with E-state index in [0.29, 0.717) is 48.9 Å². The van der Waals surface area contributed by atoms with E-state index < -0.39 is 34.9 Å². The molecule has 1 fully saturated rings. The molecule has 51 heavy (non-hydrogen) atoms. The Morgan fingerprint density at radius 2 is 1.49 bits per heavy atom. The molecule has 0 spiro atoms. The lowest BCUT2D eigenvalue weighted by atomic mass is 9.71. The molecule has 0 saturated carbocycles. The van der Waals surface area contributed by atoms with Gasteiger partial charge in [0.2, 0.25) is 5.78 Å².